The summed E-state index contributed by atoms with van der Waals surface area (Å²) >= 11 is 0. The topological polar surface area (TPSA) is 22.3 Å². The molecule has 4 aromatic rings. The van der Waals surface area contributed by atoms with E-state index in [1.807, 2.05) is 12.3 Å². The van der Waals surface area contributed by atoms with Gasteiger partial charge in [0.2, 0.25) is 0 Å². The van der Waals surface area contributed by atoms with E-state index in [4.69, 9.17) is 0 Å². The van der Waals surface area contributed by atoms with E-state index in [2.05, 4.69) is 69.4 Å². The van der Waals surface area contributed by atoms with Crippen LogP contribution in [0, 0.1) is 5.82 Å². The first-order chi connectivity index (χ1) is 15.3. The number of aryl methyl sites for hydroxylation is 1. The summed E-state index contributed by atoms with van der Waals surface area (Å²) in [5, 5.41) is 1.02. The largest absolute Gasteiger partial charge is 0.368 e. The first kappa shape index (κ1) is 19.8. The van der Waals surface area contributed by atoms with Crippen molar-refractivity contribution in [1.29, 1.82) is 0 Å². The van der Waals surface area contributed by atoms with E-state index >= 15 is 0 Å². The molecule has 0 bridgehead atoms. The number of benzene rings is 3. The molecule has 3 aromatic carbocycles. The van der Waals surface area contributed by atoms with E-state index in [9.17, 15) is 4.39 Å². The van der Waals surface area contributed by atoms with Gasteiger partial charge in [-0.1, -0.05) is 48.5 Å². The van der Waals surface area contributed by atoms with Gasteiger partial charge in [0.1, 0.15) is 5.82 Å². The van der Waals surface area contributed by atoms with Gasteiger partial charge in [-0.05, 0) is 54.8 Å². The zero-order chi connectivity index (χ0) is 21.0. The number of piperazine rings is 1. The molecule has 1 fully saturated rings. The van der Waals surface area contributed by atoms with Gasteiger partial charge in [0.15, 0.2) is 0 Å². The first-order valence-electron chi connectivity index (χ1n) is 11.2. The van der Waals surface area contributed by atoms with Crippen molar-refractivity contribution in [3.8, 4) is 11.1 Å². The summed E-state index contributed by atoms with van der Waals surface area (Å²) < 4.78 is 13.6. The fourth-order valence-corrected chi connectivity index (χ4v) is 4.67. The molecule has 5 rings (SSSR count). The summed E-state index contributed by atoms with van der Waals surface area (Å²) in [6, 6.07) is 24.3. The smallest absolute Gasteiger partial charge is 0.123 e. The Kier molecular flexibility index (Phi) is 5.72. The van der Waals surface area contributed by atoms with E-state index in [0.717, 1.165) is 56.5 Å². The minimum atomic E-state index is -0.166. The third-order valence-electron chi connectivity index (χ3n) is 6.35. The third kappa shape index (κ3) is 4.35. The Hall–Kier alpha value is -3.11. The highest BCUT2D eigenvalue weighted by Crippen LogP contribution is 2.31. The Morgan fingerprint density at radius 3 is 2.45 bits per heavy atom. The minimum absolute atomic E-state index is 0.166. The second kappa shape index (κ2) is 8.94. The molecular weight excluding hydrogens is 385 g/mol. The number of nitrogens with one attached hydrogen (secondary N) is 1. The van der Waals surface area contributed by atoms with Crippen LogP contribution in [-0.2, 0) is 6.42 Å². The van der Waals surface area contributed by atoms with E-state index in [1.165, 1.54) is 28.4 Å². The van der Waals surface area contributed by atoms with Gasteiger partial charge in [-0.3, -0.25) is 4.90 Å². The predicted molar refractivity (Wildman–Crippen MR) is 127 cm³/mol. The maximum Gasteiger partial charge on any atom is 0.123 e. The molecule has 1 saturated heterocycles. The number of hydrogen-bond donors (Lipinski definition) is 1. The summed E-state index contributed by atoms with van der Waals surface area (Å²) in [4.78, 5) is 8.33. The Balaban J connectivity index is 1.18. The molecule has 3 nitrogen and oxygen atoms in total. The second-order valence-electron chi connectivity index (χ2n) is 8.32. The van der Waals surface area contributed by atoms with Gasteiger partial charge in [-0.25, -0.2) is 4.39 Å². The van der Waals surface area contributed by atoms with Crippen LogP contribution in [0.15, 0.2) is 79.0 Å². The Morgan fingerprint density at radius 2 is 1.61 bits per heavy atom. The number of aromatic amines is 1. The summed E-state index contributed by atoms with van der Waals surface area (Å²) in [7, 11) is 0. The normalized spacial score (nSPS) is 14.9. The lowest BCUT2D eigenvalue weighted by atomic mass is 10.0. The van der Waals surface area contributed by atoms with Gasteiger partial charge in [-0.15, -0.1) is 0 Å². The molecular formula is C27H28FN3. The predicted octanol–water partition coefficient (Wildman–Crippen LogP) is 5.73. The highest BCUT2D eigenvalue weighted by molar-refractivity contribution is 5.83. The summed E-state index contributed by atoms with van der Waals surface area (Å²) in [6.07, 6.45) is 4.09. The van der Waals surface area contributed by atoms with Crippen molar-refractivity contribution in [2.75, 3.05) is 37.6 Å². The second-order valence-corrected chi connectivity index (χ2v) is 8.32. The van der Waals surface area contributed by atoms with E-state index in [0.29, 0.717) is 0 Å². The van der Waals surface area contributed by atoms with Crippen LogP contribution in [0.25, 0.3) is 22.0 Å². The summed E-state index contributed by atoms with van der Waals surface area (Å²) in [5.41, 5.74) is 6.14. The number of hydrogen-bond acceptors (Lipinski definition) is 2. The van der Waals surface area contributed by atoms with Crippen LogP contribution in [0.1, 0.15) is 12.0 Å². The average molecular weight is 414 g/mol. The molecule has 0 atom stereocenters. The molecule has 0 amide bonds. The highest BCUT2D eigenvalue weighted by Gasteiger charge is 2.19. The average Bonchev–Trinajstić information content (AvgIpc) is 3.22. The molecule has 0 aliphatic carbocycles. The number of rotatable bonds is 6. The van der Waals surface area contributed by atoms with Gasteiger partial charge >= 0.3 is 0 Å². The van der Waals surface area contributed by atoms with Gasteiger partial charge in [0.25, 0.3) is 0 Å². The van der Waals surface area contributed by atoms with Gasteiger partial charge in [0.05, 0.1) is 0 Å². The van der Waals surface area contributed by atoms with Crippen LogP contribution >= 0.6 is 0 Å². The highest BCUT2D eigenvalue weighted by atomic mass is 19.1. The van der Waals surface area contributed by atoms with Crippen LogP contribution in [-0.4, -0.2) is 42.6 Å². The maximum atomic E-state index is 13.6. The molecule has 31 heavy (non-hydrogen) atoms. The van der Waals surface area contributed by atoms with Gasteiger partial charge in [-0.2, -0.15) is 0 Å². The van der Waals surface area contributed by atoms with Crippen LogP contribution in [0.5, 0.6) is 0 Å². The lowest BCUT2D eigenvalue weighted by molar-refractivity contribution is 0.255. The van der Waals surface area contributed by atoms with Crippen molar-refractivity contribution in [2.45, 2.75) is 12.8 Å². The van der Waals surface area contributed by atoms with Crippen molar-refractivity contribution >= 4 is 16.6 Å². The summed E-state index contributed by atoms with van der Waals surface area (Å²) in [6.45, 7) is 5.32. The Morgan fingerprint density at radius 1 is 0.839 bits per heavy atom. The number of halogens is 1. The molecule has 0 saturated carbocycles. The lowest BCUT2D eigenvalue weighted by Crippen LogP contribution is -2.46. The summed E-state index contributed by atoms with van der Waals surface area (Å²) in [5.74, 6) is -0.166. The maximum absolute atomic E-state index is 13.6. The number of anilines is 1. The molecule has 1 aliphatic rings. The quantitative estimate of drug-likeness (QED) is 0.436. The minimum Gasteiger partial charge on any atom is -0.368 e. The number of H-pyrrole nitrogens is 1. The fourth-order valence-electron chi connectivity index (χ4n) is 4.67. The molecule has 4 heteroatoms. The Bertz CT molecular complexity index is 1140. The number of aromatic nitrogens is 1. The monoisotopic (exact) mass is 413 g/mol. The molecule has 2 heterocycles. The van der Waals surface area contributed by atoms with Crippen LogP contribution < -0.4 is 4.90 Å². The fraction of sp³-hybridized carbons (Fsp3) is 0.259. The molecule has 0 unspecified atom stereocenters. The Labute approximate surface area is 183 Å². The molecule has 1 aromatic heterocycles. The molecule has 0 radical (unpaired) electrons. The first-order valence-corrected chi connectivity index (χ1v) is 11.2. The van der Waals surface area contributed by atoms with E-state index in [-0.39, 0.29) is 5.82 Å². The molecule has 1 N–H and O–H groups in total. The van der Waals surface area contributed by atoms with Crippen molar-refractivity contribution in [1.82, 2.24) is 9.88 Å². The third-order valence-corrected chi connectivity index (χ3v) is 6.35. The van der Waals surface area contributed by atoms with Crippen molar-refractivity contribution in [3.05, 3.63) is 90.4 Å². The number of fused-ring (bicyclic) bond motifs is 1. The number of nitrogens with zero attached hydrogens (tertiary/aromatic N) is 2. The van der Waals surface area contributed by atoms with Crippen molar-refractivity contribution < 1.29 is 4.39 Å². The van der Waals surface area contributed by atoms with Crippen LogP contribution in [0.3, 0.4) is 0 Å². The van der Waals surface area contributed by atoms with E-state index < -0.39 is 0 Å². The van der Waals surface area contributed by atoms with Crippen molar-refractivity contribution in [3.63, 3.8) is 0 Å². The lowest BCUT2D eigenvalue weighted by Gasteiger charge is -2.37. The van der Waals surface area contributed by atoms with Gasteiger partial charge < -0.3 is 9.88 Å². The zero-order valence-electron chi connectivity index (χ0n) is 17.7. The van der Waals surface area contributed by atoms with Crippen molar-refractivity contribution in [2.24, 2.45) is 0 Å². The van der Waals surface area contributed by atoms with Gasteiger partial charge in [0, 0.05) is 54.5 Å². The van der Waals surface area contributed by atoms with E-state index in [1.54, 1.807) is 6.07 Å². The molecule has 0 spiro atoms. The SMILES string of the molecule is Fc1ccc2[nH]cc(CCCN3CCN(c4ccccc4-c4ccccc4)CC3)c2c1. The standard InChI is InChI=1S/C27H28FN3/c28-23-12-13-26-25(19-23)22(20-29-26)9-6-14-30-15-17-31(18-16-30)27-11-5-4-10-24(27)21-7-2-1-3-8-21/h1-5,7-8,10-13,19-20,29H,6,9,14-18H2. The molecule has 1 aliphatic heterocycles. The van der Waals surface area contributed by atoms with Crippen LogP contribution in [0.4, 0.5) is 10.1 Å². The van der Waals surface area contributed by atoms with Crippen LogP contribution in [0.2, 0.25) is 0 Å². The molecule has 158 valence electrons. The zero-order valence-corrected chi connectivity index (χ0v) is 17.7. The number of para-hydroxylation sites is 1.